The van der Waals surface area contributed by atoms with Crippen molar-refractivity contribution < 1.29 is 9.90 Å². The Morgan fingerprint density at radius 2 is 2.00 bits per heavy atom. The molecule has 0 heterocycles. The van der Waals surface area contributed by atoms with E-state index in [1.165, 1.54) is 0 Å². The van der Waals surface area contributed by atoms with Gasteiger partial charge in [-0.3, -0.25) is 4.79 Å². The van der Waals surface area contributed by atoms with Gasteiger partial charge < -0.3 is 15.7 Å². The summed E-state index contributed by atoms with van der Waals surface area (Å²) in [7, 11) is 0. The third-order valence-electron chi connectivity index (χ3n) is 3.39. The van der Waals surface area contributed by atoms with Crippen molar-refractivity contribution in [2.75, 3.05) is 13.2 Å². The van der Waals surface area contributed by atoms with Gasteiger partial charge in [-0.05, 0) is 26.7 Å². The maximum absolute atomic E-state index is 12.1. The molecule has 0 atom stereocenters. The van der Waals surface area contributed by atoms with E-state index in [1.807, 2.05) is 13.8 Å². The monoisotopic (exact) mass is 228 g/mol. The van der Waals surface area contributed by atoms with E-state index < -0.39 is 0 Å². The van der Waals surface area contributed by atoms with E-state index >= 15 is 0 Å². The van der Waals surface area contributed by atoms with Crippen molar-refractivity contribution in [1.29, 1.82) is 0 Å². The van der Waals surface area contributed by atoms with Crippen LogP contribution in [0.1, 0.15) is 46.0 Å². The minimum Gasteiger partial charge on any atom is -0.395 e. The number of amides is 1. The maximum atomic E-state index is 12.1. The summed E-state index contributed by atoms with van der Waals surface area (Å²) in [6.45, 7) is 4.35. The molecule has 1 fully saturated rings. The number of rotatable bonds is 5. The van der Waals surface area contributed by atoms with Crippen LogP contribution in [0, 0.1) is 0 Å². The summed E-state index contributed by atoms with van der Waals surface area (Å²) in [5, 5.41) is 8.93. The van der Waals surface area contributed by atoms with Gasteiger partial charge in [0.15, 0.2) is 0 Å². The summed E-state index contributed by atoms with van der Waals surface area (Å²) in [4.78, 5) is 13.8. The Kier molecular flexibility index (Phi) is 4.74. The van der Waals surface area contributed by atoms with Crippen LogP contribution in [-0.2, 0) is 4.79 Å². The quantitative estimate of drug-likeness (QED) is 0.734. The van der Waals surface area contributed by atoms with E-state index in [0.29, 0.717) is 13.0 Å². The molecule has 94 valence electrons. The van der Waals surface area contributed by atoms with Crippen LogP contribution in [0.3, 0.4) is 0 Å². The molecule has 1 aliphatic carbocycles. The Balaban J connectivity index is 2.54. The molecule has 0 aromatic rings. The second kappa shape index (κ2) is 5.64. The number of hydrogen-bond acceptors (Lipinski definition) is 3. The molecule has 1 saturated carbocycles. The zero-order chi connectivity index (χ0) is 12.2. The van der Waals surface area contributed by atoms with Crippen LogP contribution >= 0.6 is 0 Å². The predicted molar refractivity (Wildman–Crippen MR) is 63.9 cm³/mol. The van der Waals surface area contributed by atoms with Gasteiger partial charge in [-0.1, -0.05) is 12.8 Å². The molecule has 1 aliphatic rings. The zero-order valence-electron chi connectivity index (χ0n) is 10.4. The Labute approximate surface area is 97.8 Å². The lowest BCUT2D eigenvalue weighted by molar-refractivity contribution is -0.134. The normalized spacial score (nSPS) is 19.1. The molecule has 0 aromatic carbocycles. The molecule has 0 bridgehead atoms. The van der Waals surface area contributed by atoms with Crippen molar-refractivity contribution in [3.05, 3.63) is 0 Å². The van der Waals surface area contributed by atoms with Gasteiger partial charge >= 0.3 is 0 Å². The van der Waals surface area contributed by atoms with Crippen molar-refractivity contribution >= 4 is 5.91 Å². The molecule has 0 aromatic heterocycles. The Morgan fingerprint density at radius 1 is 1.44 bits per heavy atom. The lowest BCUT2D eigenvalue weighted by atomic mass is 9.94. The van der Waals surface area contributed by atoms with E-state index in [1.54, 1.807) is 4.90 Å². The summed E-state index contributed by atoms with van der Waals surface area (Å²) < 4.78 is 0. The van der Waals surface area contributed by atoms with Gasteiger partial charge in [0, 0.05) is 24.5 Å². The van der Waals surface area contributed by atoms with Crippen molar-refractivity contribution in [2.24, 2.45) is 5.73 Å². The second-order valence-electron chi connectivity index (χ2n) is 5.15. The van der Waals surface area contributed by atoms with Gasteiger partial charge in [0.05, 0.1) is 6.61 Å². The first-order valence-electron chi connectivity index (χ1n) is 6.18. The van der Waals surface area contributed by atoms with Crippen LogP contribution in [0.4, 0.5) is 0 Å². The van der Waals surface area contributed by atoms with Crippen LogP contribution in [0.15, 0.2) is 0 Å². The molecule has 0 saturated heterocycles. The van der Waals surface area contributed by atoms with Gasteiger partial charge in [0.2, 0.25) is 5.91 Å². The molecule has 1 rings (SSSR count). The first kappa shape index (κ1) is 13.5. The van der Waals surface area contributed by atoms with E-state index in [9.17, 15) is 4.79 Å². The van der Waals surface area contributed by atoms with Gasteiger partial charge in [0.25, 0.3) is 0 Å². The van der Waals surface area contributed by atoms with Crippen LogP contribution in [0.25, 0.3) is 0 Å². The molecule has 0 aliphatic heterocycles. The summed E-state index contributed by atoms with van der Waals surface area (Å²) in [5.74, 6) is 0.0773. The van der Waals surface area contributed by atoms with Crippen LogP contribution in [0.2, 0.25) is 0 Å². The van der Waals surface area contributed by atoms with Crippen LogP contribution < -0.4 is 5.73 Å². The maximum Gasteiger partial charge on any atom is 0.224 e. The Hall–Kier alpha value is -0.610. The number of nitrogens with two attached hydrogens (primary N) is 1. The molecular formula is C12H24N2O2. The van der Waals surface area contributed by atoms with Crippen molar-refractivity contribution in [1.82, 2.24) is 4.90 Å². The highest BCUT2D eigenvalue weighted by Gasteiger charge is 2.33. The van der Waals surface area contributed by atoms with Gasteiger partial charge in [-0.15, -0.1) is 0 Å². The lowest BCUT2D eigenvalue weighted by Crippen LogP contribution is -2.46. The Bertz CT molecular complexity index is 235. The molecule has 0 radical (unpaired) electrons. The van der Waals surface area contributed by atoms with Gasteiger partial charge in [-0.25, -0.2) is 0 Å². The molecule has 3 N–H and O–H groups in total. The predicted octanol–water partition coefficient (Wildman–Crippen LogP) is 0.877. The summed E-state index contributed by atoms with van der Waals surface area (Å²) >= 11 is 0. The number of carbonyl (C=O) groups is 1. The average Bonchev–Trinajstić information content (AvgIpc) is 2.60. The SMILES string of the molecule is CC(C)N(CCO)C(=O)CC1(N)CCCC1. The Morgan fingerprint density at radius 3 is 2.44 bits per heavy atom. The third kappa shape index (κ3) is 3.46. The fourth-order valence-electron chi connectivity index (χ4n) is 2.44. The molecule has 1 amide bonds. The van der Waals surface area contributed by atoms with Gasteiger partial charge in [0.1, 0.15) is 0 Å². The number of aliphatic hydroxyl groups excluding tert-OH is 1. The molecule has 16 heavy (non-hydrogen) atoms. The van der Waals surface area contributed by atoms with Crippen molar-refractivity contribution in [2.45, 2.75) is 57.5 Å². The first-order chi connectivity index (χ1) is 7.48. The third-order valence-corrected chi connectivity index (χ3v) is 3.39. The van der Waals surface area contributed by atoms with Gasteiger partial charge in [-0.2, -0.15) is 0 Å². The highest BCUT2D eigenvalue weighted by Crippen LogP contribution is 2.30. The summed E-state index contributed by atoms with van der Waals surface area (Å²) in [6.07, 6.45) is 4.58. The molecule has 4 nitrogen and oxygen atoms in total. The van der Waals surface area contributed by atoms with E-state index in [4.69, 9.17) is 10.8 Å². The van der Waals surface area contributed by atoms with E-state index in [-0.39, 0.29) is 24.1 Å². The molecular weight excluding hydrogens is 204 g/mol. The summed E-state index contributed by atoms with van der Waals surface area (Å²) in [6, 6.07) is 0.129. The topological polar surface area (TPSA) is 66.6 Å². The van der Waals surface area contributed by atoms with E-state index in [0.717, 1.165) is 25.7 Å². The van der Waals surface area contributed by atoms with E-state index in [2.05, 4.69) is 0 Å². The number of hydrogen-bond donors (Lipinski definition) is 2. The number of carbonyl (C=O) groups excluding carboxylic acids is 1. The lowest BCUT2D eigenvalue weighted by Gasteiger charge is -2.30. The average molecular weight is 228 g/mol. The number of aliphatic hydroxyl groups is 1. The van der Waals surface area contributed by atoms with Crippen molar-refractivity contribution in [3.63, 3.8) is 0 Å². The standard InChI is InChI=1S/C12H24N2O2/c1-10(2)14(7-8-15)11(16)9-12(13)5-3-4-6-12/h10,15H,3-9,13H2,1-2H3. The fraction of sp³-hybridized carbons (Fsp3) is 0.917. The highest BCUT2D eigenvalue weighted by atomic mass is 16.3. The van der Waals surface area contributed by atoms with Crippen molar-refractivity contribution in [3.8, 4) is 0 Å². The molecule has 4 heteroatoms. The smallest absolute Gasteiger partial charge is 0.224 e. The fourth-order valence-corrected chi connectivity index (χ4v) is 2.44. The van der Waals surface area contributed by atoms with Crippen LogP contribution in [-0.4, -0.2) is 40.6 Å². The molecule has 0 unspecified atom stereocenters. The highest BCUT2D eigenvalue weighted by molar-refractivity contribution is 5.77. The minimum absolute atomic E-state index is 0.0154. The second-order valence-corrected chi connectivity index (χ2v) is 5.15. The zero-order valence-corrected chi connectivity index (χ0v) is 10.4. The molecule has 0 spiro atoms. The largest absolute Gasteiger partial charge is 0.395 e. The first-order valence-corrected chi connectivity index (χ1v) is 6.18. The van der Waals surface area contributed by atoms with Crippen LogP contribution in [0.5, 0.6) is 0 Å². The summed E-state index contributed by atoms with van der Waals surface area (Å²) in [5.41, 5.74) is 5.89. The number of nitrogens with zero attached hydrogens (tertiary/aromatic N) is 1. The minimum atomic E-state index is -0.292.